The molecule has 0 fully saturated rings. The molecule has 1 amide bonds. The smallest absolute Gasteiger partial charge is 0.267 e. The zero-order valence-electron chi connectivity index (χ0n) is 11.3. The highest BCUT2D eigenvalue weighted by Crippen LogP contribution is 2.18. The van der Waals surface area contributed by atoms with Gasteiger partial charge in [-0.2, -0.15) is 17.8 Å². The second-order valence-corrected chi connectivity index (χ2v) is 7.83. The molecular weight excluding hydrogens is 336 g/mol. The van der Waals surface area contributed by atoms with Crippen LogP contribution in [0.15, 0.2) is 24.5 Å². The number of carbonyl (C=O) groups is 1. The molecule has 10 heteroatoms. The number of carbonyl (C=O) groups excluding carboxylic acids is 1. The van der Waals surface area contributed by atoms with Crippen LogP contribution in [-0.4, -0.2) is 42.5 Å². The van der Waals surface area contributed by atoms with Crippen LogP contribution in [0.25, 0.3) is 0 Å². The van der Waals surface area contributed by atoms with Crippen molar-refractivity contribution in [3.8, 4) is 0 Å². The molecule has 0 unspecified atom stereocenters. The van der Waals surface area contributed by atoms with Gasteiger partial charge in [0.2, 0.25) is 0 Å². The molecule has 1 N–H and O–H groups in total. The number of nitrogens with zero attached hydrogens (tertiary/aromatic N) is 3. The lowest BCUT2D eigenvalue weighted by molar-refractivity contribution is 0.0983. The van der Waals surface area contributed by atoms with Gasteiger partial charge in [0.15, 0.2) is 0 Å². The zero-order chi connectivity index (χ0) is 15.6. The van der Waals surface area contributed by atoms with Gasteiger partial charge in [-0.25, -0.2) is 4.72 Å². The quantitative estimate of drug-likeness (QED) is 0.879. The van der Waals surface area contributed by atoms with E-state index in [1.807, 2.05) is 4.72 Å². The molecule has 0 radical (unpaired) electrons. The van der Waals surface area contributed by atoms with Gasteiger partial charge in [0.1, 0.15) is 0 Å². The molecule has 7 nitrogen and oxygen atoms in total. The van der Waals surface area contributed by atoms with Crippen LogP contribution in [-0.2, 0) is 16.8 Å². The van der Waals surface area contributed by atoms with E-state index < -0.39 is 16.1 Å². The Kier molecular flexibility index (Phi) is 4.67. The van der Waals surface area contributed by atoms with Crippen LogP contribution in [0.4, 0.5) is 0 Å². The Bertz CT molecular complexity index is 751. The average Bonchev–Trinajstić information content (AvgIpc) is 2.98. The Balaban J connectivity index is 2.07. The van der Waals surface area contributed by atoms with Crippen molar-refractivity contribution in [2.75, 3.05) is 14.1 Å². The van der Waals surface area contributed by atoms with E-state index in [0.29, 0.717) is 16.4 Å². The maximum Gasteiger partial charge on any atom is 0.303 e. The van der Waals surface area contributed by atoms with Gasteiger partial charge in [-0.15, -0.1) is 11.3 Å². The van der Waals surface area contributed by atoms with E-state index in [1.165, 1.54) is 31.6 Å². The summed E-state index contributed by atoms with van der Waals surface area (Å²) in [5.74, 6) is -0.654. The average molecular weight is 349 g/mol. The van der Waals surface area contributed by atoms with Gasteiger partial charge in [-0.05, 0) is 12.1 Å². The first-order valence-electron chi connectivity index (χ1n) is 5.79. The van der Waals surface area contributed by atoms with Gasteiger partial charge in [0, 0.05) is 25.2 Å². The summed E-state index contributed by atoms with van der Waals surface area (Å²) in [6.07, 6.45) is 3.18. The van der Waals surface area contributed by atoms with Crippen molar-refractivity contribution in [3.05, 3.63) is 39.3 Å². The monoisotopic (exact) mass is 348 g/mol. The maximum absolute atomic E-state index is 11.9. The fourth-order valence-electron chi connectivity index (χ4n) is 1.43. The first-order chi connectivity index (χ1) is 9.78. The Morgan fingerprint density at radius 3 is 2.76 bits per heavy atom. The van der Waals surface area contributed by atoms with Gasteiger partial charge < -0.3 is 0 Å². The number of hydrogen-bond acceptors (Lipinski definition) is 5. The number of hydrogen-bond donors (Lipinski definition) is 1. The summed E-state index contributed by atoms with van der Waals surface area (Å²) in [5.41, 5.74) is 0. The molecule has 0 saturated carbocycles. The molecule has 2 rings (SSSR count). The summed E-state index contributed by atoms with van der Waals surface area (Å²) in [6, 6.07) is 3.32. The lowest BCUT2D eigenvalue weighted by atomic mass is 10.4. The Morgan fingerprint density at radius 2 is 2.19 bits per heavy atom. The van der Waals surface area contributed by atoms with E-state index in [2.05, 4.69) is 5.10 Å². The van der Waals surface area contributed by atoms with Crippen LogP contribution in [0, 0.1) is 0 Å². The third-order valence-corrected chi connectivity index (χ3v) is 5.18. The molecule has 0 aliphatic heterocycles. The number of rotatable bonds is 5. The van der Waals surface area contributed by atoms with Crippen LogP contribution >= 0.6 is 22.9 Å². The number of aromatic nitrogens is 2. The normalized spacial score (nSPS) is 11.8. The molecule has 2 aromatic heterocycles. The number of amides is 1. The minimum absolute atomic E-state index is 0.314. The van der Waals surface area contributed by atoms with Crippen LogP contribution in [0.5, 0.6) is 0 Å². The Morgan fingerprint density at radius 1 is 1.48 bits per heavy atom. The minimum atomic E-state index is -3.79. The van der Waals surface area contributed by atoms with Crippen molar-refractivity contribution in [2.24, 2.45) is 0 Å². The zero-order valence-corrected chi connectivity index (χ0v) is 13.7. The second kappa shape index (κ2) is 6.14. The summed E-state index contributed by atoms with van der Waals surface area (Å²) in [6.45, 7) is 0.463. The predicted molar refractivity (Wildman–Crippen MR) is 80.7 cm³/mol. The van der Waals surface area contributed by atoms with E-state index in [9.17, 15) is 13.2 Å². The first-order valence-corrected chi connectivity index (χ1v) is 8.42. The maximum atomic E-state index is 11.9. The van der Waals surface area contributed by atoms with Crippen molar-refractivity contribution in [2.45, 2.75) is 6.54 Å². The highest BCUT2D eigenvalue weighted by molar-refractivity contribution is 7.87. The summed E-state index contributed by atoms with van der Waals surface area (Å²) in [7, 11) is -1.10. The van der Waals surface area contributed by atoms with E-state index in [4.69, 9.17) is 11.6 Å². The lowest BCUT2D eigenvalue weighted by Gasteiger charge is -2.11. The first kappa shape index (κ1) is 16.0. The van der Waals surface area contributed by atoms with Crippen LogP contribution in [0.3, 0.4) is 0 Å². The van der Waals surface area contributed by atoms with Gasteiger partial charge in [0.25, 0.3) is 5.91 Å². The van der Waals surface area contributed by atoms with Gasteiger partial charge in [-0.3, -0.25) is 9.48 Å². The van der Waals surface area contributed by atoms with Crippen LogP contribution < -0.4 is 4.72 Å². The molecule has 0 aliphatic rings. The van der Waals surface area contributed by atoms with Crippen molar-refractivity contribution in [3.63, 3.8) is 0 Å². The van der Waals surface area contributed by atoms with E-state index in [-0.39, 0.29) is 0 Å². The van der Waals surface area contributed by atoms with Gasteiger partial charge in [0.05, 0.1) is 22.6 Å². The molecule has 0 saturated heterocycles. The molecule has 21 heavy (non-hydrogen) atoms. The van der Waals surface area contributed by atoms with Crippen molar-refractivity contribution in [1.82, 2.24) is 18.8 Å². The van der Waals surface area contributed by atoms with E-state index in [1.54, 1.807) is 23.0 Å². The predicted octanol–water partition coefficient (Wildman–Crippen LogP) is 1.18. The van der Waals surface area contributed by atoms with Crippen LogP contribution in [0.2, 0.25) is 5.02 Å². The number of nitrogens with one attached hydrogen (secondary N) is 1. The molecule has 2 heterocycles. The molecule has 0 spiro atoms. The summed E-state index contributed by atoms with van der Waals surface area (Å²) >= 11 is 6.97. The SMILES string of the molecule is CN(C)S(=O)(=O)NC(=O)c1ccc(Cn2cc(Cl)cn2)s1. The number of thiophene rings is 1. The van der Waals surface area contributed by atoms with Crippen molar-refractivity contribution < 1.29 is 13.2 Å². The third-order valence-electron chi connectivity index (χ3n) is 2.51. The second-order valence-electron chi connectivity index (χ2n) is 4.34. The van der Waals surface area contributed by atoms with Crippen LogP contribution in [0.1, 0.15) is 14.5 Å². The minimum Gasteiger partial charge on any atom is -0.267 e. The van der Waals surface area contributed by atoms with Crippen molar-refractivity contribution in [1.29, 1.82) is 0 Å². The Labute approximate surface area is 131 Å². The van der Waals surface area contributed by atoms with Gasteiger partial charge in [-0.1, -0.05) is 11.6 Å². The lowest BCUT2D eigenvalue weighted by Crippen LogP contribution is -2.39. The molecule has 0 bridgehead atoms. The van der Waals surface area contributed by atoms with E-state index >= 15 is 0 Å². The molecule has 0 aromatic carbocycles. The van der Waals surface area contributed by atoms with Crippen molar-refractivity contribution >= 4 is 39.1 Å². The topological polar surface area (TPSA) is 84.3 Å². The fourth-order valence-corrected chi connectivity index (χ4v) is 3.07. The van der Waals surface area contributed by atoms with E-state index in [0.717, 1.165) is 9.18 Å². The highest BCUT2D eigenvalue weighted by Gasteiger charge is 2.19. The molecule has 0 atom stereocenters. The molecular formula is C11H13ClN4O3S2. The third kappa shape index (κ3) is 4.03. The molecule has 2 aromatic rings. The largest absolute Gasteiger partial charge is 0.303 e. The Hall–Kier alpha value is -1.42. The number of halogens is 1. The molecule has 0 aliphatic carbocycles. The standard InChI is InChI=1S/C11H13ClN4O3S2/c1-15(2)21(18,19)14-11(17)10-4-3-9(20-10)7-16-6-8(12)5-13-16/h3-6H,7H2,1-2H3,(H,14,17). The summed E-state index contributed by atoms with van der Waals surface area (Å²) in [4.78, 5) is 13.1. The summed E-state index contributed by atoms with van der Waals surface area (Å²) < 4.78 is 27.7. The van der Waals surface area contributed by atoms with Gasteiger partial charge >= 0.3 is 10.2 Å². The fraction of sp³-hybridized carbons (Fsp3) is 0.273. The highest BCUT2D eigenvalue weighted by atomic mass is 35.5. The molecule has 114 valence electrons. The summed E-state index contributed by atoms with van der Waals surface area (Å²) in [5, 5.41) is 4.57.